The first kappa shape index (κ1) is 15.2. The van der Waals surface area contributed by atoms with Gasteiger partial charge in [-0.3, -0.25) is 19.4 Å². The Morgan fingerprint density at radius 2 is 2.19 bits per heavy atom. The van der Waals surface area contributed by atoms with E-state index in [-0.39, 0.29) is 6.42 Å². The van der Waals surface area contributed by atoms with Crippen LogP contribution in [0.3, 0.4) is 0 Å². The predicted molar refractivity (Wildman–Crippen MR) is 78.6 cm³/mol. The maximum absolute atomic E-state index is 10.5. The van der Waals surface area contributed by atoms with Gasteiger partial charge in [-0.05, 0) is 31.2 Å². The van der Waals surface area contributed by atoms with Gasteiger partial charge in [-0.1, -0.05) is 0 Å². The average Bonchev–Trinajstić information content (AvgIpc) is 2.86. The van der Waals surface area contributed by atoms with Crippen LogP contribution in [0.15, 0.2) is 30.9 Å². The van der Waals surface area contributed by atoms with E-state index in [1.54, 1.807) is 17.1 Å². The fourth-order valence-electron chi connectivity index (χ4n) is 2.16. The van der Waals surface area contributed by atoms with Crippen LogP contribution in [0.1, 0.15) is 23.1 Å². The Morgan fingerprint density at radius 3 is 2.90 bits per heavy atom. The van der Waals surface area contributed by atoms with E-state index >= 15 is 0 Å². The highest BCUT2D eigenvalue weighted by molar-refractivity contribution is 5.66. The van der Waals surface area contributed by atoms with Gasteiger partial charge >= 0.3 is 5.97 Å². The van der Waals surface area contributed by atoms with Crippen molar-refractivity contribution in [2.75, 3.05) is 7.05 Å². The second kappa shape index (κ2) is 6.99. The third-order valence-corrected chi connectivity index (χ3v) is 3.27. The van der Waals surface area contributed by atoms with Crippen molar-refractivity contribution < 1.29 is 9.90 Å². The van der Waals surface area contributed by atoms with Gasteiger partial charge in [-0.15, -0.1) is 0 Å². The fraction of sp³-hybridized carbons (Fsp3) is 0.400. The zero-order valence-corrected chi connectivity index (χ0v) is 12.4. The minimum absolute atomic E-state index is 0.0904. The van der Waals surface area contributed by atoms with E-state index in [2.05, 4.69) is 29.0 Å². The highest BCUT2D eigenvalue weighted by Gasteiger charge is 2.06. The summed E-state index contributed by atoms with van der Waals surface area (Å²) in [5.74, 6) is -0.808. The lowest BCUT2D eigenvalue weighted by Gasteiger charge is -2.16. The quantitative estimate of drug-likeness (QED) is 0.839. The minimum atomic E-state index is -0.808. The molecule has 0 saturated carbocycles. The molecule has 6 heteroatoms. The van der Waals surface area contributed by atoms with Gasteiger partial charge in [-0.2, -0.15) is 5.10 Å². The van der Waals surface area contributed by atoms with Gasteiger partial charge in [0.15, 0.2) is 0 Å². The molecule has 0 saturated heterocycles. The Labute approximate surface area is 124 Å². The first-order valence-electron chi connectivity index (χ1n) is 6.86. The predicted octanol–water partition coefficient (Wildman–Crippen LogP) is 1.69. The van der Waals surface area contributed by atoms with Crippen molar-refractivity contribution in [2.24, 2.45) is 0 Å². The van der Waals surface area contributed by atoms with E-state index in [1.807, 2.05) is 18.5 Å². The van der Waals surface area contributed by atoms with Crippen LogP contribution in [-0.2, 0) is 24.4 Å². The van der Waals surface area contributed by atoms with Crippen molar-refractivity contribution in [3.8, 4) is 0 Å². The zero-order valence-electron chi connectivity index (χ0n) is 12.4. The molecule has 6 nitrogen and oxygen atoms in total. The molecule has 2 aromatic heterocycles. The fourth-order valence-corrected chi connectivity index (χ4v) is 2.16. The molecule has 2 rings (SSSR count). The number of carboxylic acid groups (broad SMARTS) is 1. The number of aromatic nitrogens is 3. The van der Waals surface area contributed by atoms with Gasteiger partial charge in [0, 0.05) is 37.2 Å². The molecular formula is C15H20N4O2. The lowest BCUT2D eigenvalue weighted by atomic mass is 10.1. The standard InChI is InChI=1S/C15H20N4O2/c1-12-7-16-5-3-14(12)11-18(2)9-13-8-17-19(10-13)6-4-15(20)21/h3,5,7-8,10H,4,6,9,11H2,1-2H3,(H,20,21). The maximum atomic E-state index is 10.5. The third kappa shape index (κ3) is 4.68. The topological polar surface area (TPSA) is 71.2 Å². The van der Waals surface area contributed by atoms with E-state index < -0.39 is 5.97 Å². The number of rotatable bonds is 7. The Balaban J connectivity index is 1.89. The van der Waals surface area contributed by atoms with Crippen molar-refractivity contribution in [3.05, 3.63) is 47.5 Å². The SMILES string of the molecule is Cc1cnccc1CN(C)Cc1cnn(CCC(=O)O)c1. The van der Waals surface area contributed by atoms with Crippen molar-refractivity contribution in [3.63, 3.8) is 0 Å². The monoisotopic (exact) mass is 288 g/mol. The van der Waals surface area contributed by atoms with Crippen LogP contribution in [0.5, 0.6) is 0 Å². The van der Waals surface area contributed by atoms with Gasteiger partial charge in [0.25, 0.3) is 0 Å². The van der Waals surface area contributed by atoms with Crippen LogP contribution in [-0.4, -0.2) is 37.8 Å². The number of hydrogen-bond donors (Lipinski definition) is 1. The summed E-state index contributed by atoms with van der Waals surface area (Å²) in [5.41, 5.74) is 3.52. The molecule has 0 aliphatic heterocycles. The summed E-state index contributed by atoms with van der Waals surface area (Å²) in [4.78, 5) is 16.8. The second-order valence-electron chi connectivity index (χ2n) is 5.23. The lowest BCUT2D eigenvalue weighted by Crippen LogP contribution is -2.17. The zero-order chi connectivity index (χ0) is 15.2. The van der Waals surface area contributed by atoms with E-state index in [4.69, 9.17) is 5.11 Å². The van der Waals surface area contributed by atoms with E-state index in [0.717, 1.165) is 18.7 Å². The van der Waals surface area contributed by atoms with Crippen molar-refractivity contribution in [1.29, 1.82) is 0 Å². The summed E-state index contributed by atoms with van der Waals surface area (Å²) in [5, 5.41) is 12.8. The molecule has 1 N–H and O–H groups in total. The van der Waals surface area contributed by atoms with Crippen molar-refractivity contribution in [2.45, 2.75) is 33.0 Å². The summed E-state index contributed by atoms with van der Waals surface area (Å²) in [6, 6.07) is 2.03. The number of aryl methyl sites for hydroxylation is 2. The number of aliphatic carboxylic acids is 1. The van der Waals surface area contributed by atoms with Crippen molar-refractivity contribution in [1.82, 2.24) is 19.7 Å². The summed E-state index contributed by atoms with van der Waals surface area (Å²) < 4.78 is 1.68. The highest BCUT2D eigenvalue weighted by Crippen LogP contribution is 2.10. The number of carboxylic acids is 1. The third-order valence-electron chi connectivity index (χ3n) is 3.27. The molecule has 0 bridgehead atoms. The maximum Gasteiger partial charge on any atom is 0.305 e. The molecule has 0 spiro atoms. The van der Waals surface area contributed by atoms with Gasteiger partial charge < -0.3 is 5.11 Å². The molecule has 0 atom stereocenters. The average molecular weight is 288 g/mol. The van der Waals surface area contributed by atoms with E-state index in [0.29, 0.717) is 6.54 Å². The van der Waals surface area contributed by atoms with Crippen molar-refractivity contribution >= 4 is 5.97 Å². The van der Waals surface area contributed by atoms with Crippen LogP contribution in [0.2, 0.25) is 0 Å². The smallest absolute Gasteiger partial charge is 0.305 e. The number of pyridine rings is 1. The van der Waals surface area contributed by atoms with Crippen LogP contribution in [0, 0.1) is 6.92 Å². The first-order chi connectivity index (χ1) is 10.0. The minimum Gasteiger partial charge on any atom is -0.481 e. The number of nitrogens with zero attached hydrogens (tertiary/aromatic N) is 4. The normalized spacial score (nSPS) is 11.0. The Kier molecular flexibility index (Phi) is 5.05. The van der Waals surface area contributed by atoms with Gasteiger partial charge in [0.1, 0.15) is 0 Å². The molecule has 0 fully saturated rings. The number of hydrogen-bond acceptors (Lipinski definition) is 4. The largest absolute Gasteiger partial charge is 0.481 e. The van der Waals surface area contributed by atoms with Crippen LogP contribution < -0.4 is 0 Å². The molecule has 112 valence electrons. The molecule has 0 radical (unpaired) electrons. The first-order valence-corrected chi connectivity index (χ1v) is 6.86. The Morgan fingerprint density at radius 1 is 1.38 bits per heavy atom. The van der Waals surface area contributed by atoms with Crippen LogP contribution in [0.25, 0.3) is 0 Å². The summed E-state index contributed by atoms with van der Waals surface area (Å²) >= 11 is 0. The Bertz CT molecular complexity index is 609. The molecular weight excluding hydrogens is 268 g/mol. The number of carbonyl (C=O) groups is 1. The lowest BCUT2D eigenvalue weighted by molar-refractivity contribution is -0.137. The van der Waals surface area contributed by atoms with E-state index in [1.165, 1.54) is 11.1 Å². The van der Waals surface area contributed by atoms with Gasteiger partial charge in [0.2, 0.25) is 0 Å². The highest BCUT2D eigenvalue weighted by atomic mass is 16.4. The molecule has 0 unspecified atom stereocenters. The molecule has 21 heavy (non-hydrogen) atoms. The molecule has 0 aliphatic rings. The van der Waals surface area contributed by atoms with Crippen LogP contribution in [0.4, 0.5) is 0 Å². The Hall–Kier alpha value is -2.21. The molecule has 0 aliphatic carbocycles. The summed E-state index contributed by atoms with van der Waals surface area (Å²) in [6.45, 7) is 4.08. The van der Waals surface area contributed by atoms with Crippen LogP contribution >= 0.6 is 0 Å². The van der Waals surface area contributed by atoms with Gasteiger partial charge in [0.05, 0.1) is 19.2 Å². The molecule has 2 aromatic rings. The summed E-state index contributed by atoms with van der Waals surface area (Å²) in [6.07, 6.45) is 7.46. The summed E-state index contributed by atoms with van der Waals surface area (Å²) in [7, 11) is 2.05. The second-order valence-corrected chi connectivity index (χ2v) is 5.23. The van der Waals surface area contributed by atoms with E-state index in [9.17, 15) is 4.79 Å². The molecule has 2 heterocycles. The molecule has 0 amide bonds. The van der Waals surface area contributed by atoms with Gasteiger partial charge in [-0.25, -0.2) is 0 Å². The molecule has 0 aromatic carbocycles.